The molecule has 35 heavy (non-hydrogen) atoms. The molecule has 0 aliphatic carbocycles. The predicted molar refractivity (Wildman–Crippen MR) is 150 cm³/mol. The first-order chi connectivity index (χ1) is 16.7. The van der Waals surface area contributed by atoms with Crippen LogP contribution in [0, 0.1) is 17.3 Å². The fourth-order valence-corrected chi connectivity index (χ4v) is 5.50. The number of rotatable bonds is 7. The van der Waals surface area contributed by atoms with Crippen molar-refractivity contribution in [2.45, 2.75) is 26.4 Å². The van der Waals surface area contributed by atoms with Crippen LogP contribution in [0.25, 0.3) is 6.08 Å². The largest absolute Gasteiger partial charge is 0.487 e. The van der Waals surface area contributed by atoms with Gasteiger partial charge in [0, 0.05) is 17.7 Å². The minimum atomic E-state index is -0.489. The van der Waals surface area contributed by atoms with E-state index in [4.69, 9.17) is 9.47 Å². The third-order valence-electron chi connectivity index (χ3n) is 5.30. The van der Waals surface area contributed by atoms with Gasteiger partial charge in [-0.1, -0.05) is 26.0 Å². The number of ether oxygens (including phenoxy) is 2. The van der Waals surface area contributed by atoms with Gasteiger partial charge in [-0.3, -0.25) is 10.1 Å². The van der Waals surface area contributed by atoms with Gasteiger partial charge in [0.05, 0.1) is 12.1 Å². The van der Waals surface area contributed by atoms with Gasteiger partial charge in [0.15, 0.2) is 5.70 Å². The molecule has 4 rings (SSSR count). The molecule has 1 aliphatic rings. The fourth-order valence-electron chi connectivity index (χ4n) is 3.37. The average molecular weight is 694 g/mol. The molecule has 0 unspecified atom stereocenters. The zero-order valence-corrected chi connectivity index (χ0v) is 23.1. The molecule has 0 saturated carbocycles. The van der Waals surface area contributed by atoms with Crippen molar-refractivity contribution in [3.63, 3.8) is 0 Å². The first-order valence-corrected chi connectivity index (χ1v) is 12.8. The number of carbonyl (C=O) groups is 1. The van der Waals surface area contributed by atoms with Crippen molar-refractivity contribution in [3.8, 4) is 5.75 Å². The van der Waals surface area contributed by atoms with Gasteiger partial charge in [0.25, 0.3) is 5.69 Å². The van der Waals surface area contributed by atoms with Crippen molar-refractivity contribution in [2.24, 2.45) is 4.99 Å². The summed E-state index contributed by atoms with van der Waals surface area (Å²) in [4.78, 5) is 27.2. The zero-order chi connectivity index (χ0) is 25.1. The van der Waals surface area contributed by atoms with Crippen LogP contribution >= 0.6 is 45.2 Å². The molecule has 3 aromatic carbocycles. The standard InChI is InChI=1S/C26H20I2N2O5/c1-15(2)18-5-7-19(8-6-18)25-29-23(26(31)35-25)13-17-11-21(27)24(22(28)12-17)34-14-16-3-9-20(10-4-16)30(32)33/h3-13,15H,14H2,1-2H3/b23-13-. The first-order valence-electron chi connectivity index (χ1n) is 10.7. The summed E-state index contributed by atoms with van der Waals surface area (Å²) in [5.41, 5.74) is 3.86. The SMILES string of the molecule is CC(C)c1ccc(C2=N/C(=C\c3cc(I)c(OCc4ccc([N+](=O)[O-])cc4)c(I)c3)C(=O)O2)cc1. The molecule has 1 aliphatic heterocycles. The molecule has 0 spiro atoms. The van der Waals surface area contributed by atoms with Gasteiger partial charge in [-0.25, -0.2) is 9.79 Å². The predicted octanol–water partition coefficient (Wildman–Crippen LogP) is 6.85. The molecule has 0 fully saturated rings. The summed E-state index contributed by atoms with van der Waals surface area (Å²) < 4.78 is 13.1. The molecule has 0 bridgehead atoms. The normalized spacial score (nSPS) is 14.3. The Balaban J connectivity index is 1.50. The number of hydrogen-bond donors (Lipinski definition) is 0. The minimum absolute atomic E-state index is 0.0409. The summed E-state index contributed by atoms with van der Waals surface area (Å²) in [6.07, 6.45) is 1.70. The Kier molecular flexibility index (Phi) is 7.85. The highest BCUT2D eigenvalue weighted by Crippen LogP contribution is 2.31. The monoisotopic (exact) mass is 694 g/mol. The number of benzene rings is 3. The Morgan fingerprint density at radius 3 is 2.26 bits per heavy atom. The number of cyclic esters (lactones) is 1. The van der Waals surface area contributed by atoms with E-state index in [2.05, 4.69) is 64.0 Å². The fraction of sp³-hybridized carbons (Fsp3) is 0.154. The Hall–Kier alpha value is -2.80. The van der Waals surface area contributed by atoms with Gasteiger partial charge in [-0.15, -0.1) is 0 Å². The highest BCUT2D eigenvalue weighted by Gasteiger charge is 2.24. The van der Waals surface area contributed by atoms with Crippen LogP contribution in [0.5, 0.6) is 5.75 Å². The van der Waals surface area contributed by atoms with Crippen LogP contribution in [-0.2, 0) is 16.1 Å². The van der Waals surface area contributed by atoms with Crippen LogP contribution in [0.2, 0.25) is 0 Å². The summed E-state index contributed by atoms with van der Waals surface area (Å²) >= 11 is 4.36. The molecule has 0 aromatic heterocycles. The van der Waals surface area contributed by atoms with Crippen LogP contribution in [0.3, 0.4) is 0 Å². The number of nitrogens with zero attached hydrogens (tertiary/aromatic N) is 2. The molecule has 1 heterocycles. The lowest BCUT2D eigenvalue weighted by Gasteiger charge is -2.11. The number of esters is 1. The summed E-state index contributed by atoms with van der Waals surface area (Å²) in [6.45, 7) is 4.52. The summed E-state index contributed by atoms with van der Waals surface area (Å²) in [7, 11) is 0. The van der Waals surface area contributed by atoms with Gasteiger partial charge in [0.2, 0.25) is 5.90 Å². The number of halogens is 2. The van der Waals surface area contributed by atoms with Crippen LogP contribution in [-0.4, -0.2) is 16.8 Å². The van der Waals surface area contributed by atoms with Crippen molar-refractivity contribution < 1.29 is 19.2 Å². The lowest BCUT2D eigenvalue weighted by atomic mass is 10.0. The Bertz CT molecular complexity index is 1320. The van der Waals surface area contributed by atoms with Crippen LogP contribution < -0.4 is 4.74 Å². The Morgan fingerprint density at radius 1 is 1.06 bits per heavy atom. The van der Waals surface area contributed by atoms with Crippen molar-refractivity contribution in [2.75, 3.05) is 0 Å². The topological polar surface area (TPSA) is 91.0 Å². The van der Waals surface area contributed by atoms with Crippen molar-refractivity contribution in [1.29, 1.82) is 0 Å². The zero-order valence-electron chi connectivity index (χ0n) is 18.8. The molecular formula is C26H20I2N2O5. The maximum Gasteiger partial charge on any atom is 0.363 e. The maximum atomic E-state index is 12.4. The van der Waals surface area contributed by atoms with E-state index in [0.717, 1.165) is 23.8 Å². The summed E-state index contributed by atoms with van der Waals surface area (Å²) in [5, 5.41) is 10.8. The van der Waals surface area contributed by atoms with Crippen LogP contribution in [0.15, 0.2) is 71.4 Å². The number of carbonyl (C=O) groups excluding carboxylic acids is 1. The second-order valence-electron chi connectivity index (χ2n) is 8.14. The van der Waals surface area contributed by atoms with E-state index in [0.29, 0.717) is 17.6 Å². The molecule has 178 valence electrons. The summed E-state index contributed by atoms with van der Waals surface area (Å²) in [5.74, 6) is 0.925. The second-order valence-corrected chi connectivity index (χ2v) is 10.5. The van der Waals surface area contributed by atoms with Crippen LogP contribution in [0.4, 0.5) is 5.69 Å². The molecule has 0 amide bonds. The van der Waals surface area contributed by atoms with E-state index in [1.54, 1.807) is 18.2 Å². The van der Waals surface area contributed by atoms with E-state index in [-0.39, 0.29) is 18.0 Å². The molecule has 0 saturated heterocycles. The van der Waals surface area contributed by atoms with Crippen molar-refractivity contribution in [1.82, 2.24) is 0 Å². The molecule has 3 aromatic rings. The Labute approximate surface area is 229 Å². The molecule has 7 nitrogen and oxygen atoms in total. The molecule has 9 heteroatoms. The highest BCUT2D eigenvalue weighted by atomic mass is 127. The lowest BCUT2D eigenvalue weighted by Crippen LogP contribution is -2.05. The van der Waals surface area contributed by atoms with Gasteiger partial charge in [-0.2, -0.15) is 0 Å². The van der Waals surface area contributed by atoms with Gasteiger partial charge in [-0.05, 0) is 110 Å². The van der Waals surface area contributed by atoms with Gasteiger partial charge < -0.3 is 9.47 Å². The van der Waals surface area contributed by atoms with Crippen molar-refractivity contribution in [3.05, 3.63) is 106 Å². The molecular weight excluding hydrogens is 674 g/mol. The quantitative estimate of drug-likeness (QED) is 0.0888. The van der Waals surface area contributed by atoms with E-state index in [1.165, 1.54) is 17.7 Å². The molecule has 0 atom stereocenters. The number of hydrogen-bond acceptors (Lipinski definition) is 6. The molecule has 0 radical (unpaired) electrons. The smallest absolute Gasteiger partial charge is 0.363 e. The lowest BCUT2D eigenvalue weighted by molar-refractivity contribution is -0.384. The van der Waals surface area contributed by atoms with Crippen LogP contribution in [0.1, 0.15) is 42.0 Å². The Morgan fingerprint density at radius 2 is 1.69 bits per heavy atom. The van der Waals surface area contributed by atoms with Gasteiger partial charge >= 0.3 is 5.97 Å². The first kappa shape index (κ1) is 25.3. The molecule has 0 N–H and O–H groups in total. The number of aliphatic imine (C=N–C) groups is 1. The van der Waals surface area contributed by atoms with E-state index >= 15 is 0 Å². The third kappa shape index (κ3) is 6.07. The third-order valence-corrected chi connectivity index (χ3v) is 6.90. The van der Waals surface area contributed by atoms with E-state index in [1.807, 2.05) is 36.4 Å². The van der Waals surface area contributed by atoms with Crippen molar-refractivity contribution >= 4 is 68.8 Å². The minimum Gasteiger partial charge on any atom is -0.487 e. The second kappa shape index (κ2) is 10.9. The summed E-state index contributed by atoms with van der Waals surface area (Å²) in [6, 6.07) is 17.9. The average Bonchev–Trinajstić information content (AvgIpc) is 3.19. The van der Waals surface area contributed by atoms with E-state index < -0.39 is 10.9 Å². The highest BCUT2D eigenvalue weighted by molar-refractivity contribution is 14.1. The van der Waals surface area contributed by atoms with Gasteiger partial charge in [0.1, 0.15) is 12.4 Å². The van der Waals surface area contributed by atoms with E-state index in [9.17, 15) is 14.9 Å². The maximum absolute atomic E-state index is 12.4. The number of non-ortho nitro benzene ring substituents is 1. The number of nitro benzene ring substituents is 1. The number of nitro groups is 1.